The van der Waals surface area contributed by atoms with Gasteiger partial charge in [-0.1, -0.05) is 23.7 Å². The van der Waals surface area contributed by atoms with Gasteiger partial charge >= 0.3 is 0 Å². The summed E-state index contributed by atoms with van der Waals surface area (Å²) in [6, 6.07) is 9.56. The van der Waals surface area contributed by atoms with Gasteiger partial charge < -0.3 is 10.6 Å². The molecule has 2 aliphatic carbocycles. The van der Waals surface area contributed by atoms with Crippen LogP contribution in [-0.2, 0) is 5.41 Å². The molecule has 0 spiro atoms. The number of halogens is 1. The van der Waals surface area contributed by atoms with E-state index in [-0.39, 0.29) is 5.41 Å². The second kappa shape index (κ2) is 7.32. The first-order chi connectivity index (χ1) is 11.5. The number of nitrogens with zero attached hydrogens (tertiary/aromatic N) is 2. The molecule has 1 aromatic rings. The van der Waals surface area contributed by atoms with Crippen molar-refractivity contribution in [2.45, 2.75) is 50.1 Å². The van der Waals surface area contributed by atoms with E-state index in [2.05, 4.69) is 46.6 Å². The summed E-state index contributed by atoms with van der Waals surface area (Å²) in [6.45, 7) is 4.09. The molecule has 0 bridgehead atoms. The lowest BCUT2D eigenvalue weighted by Crippen LogP contribution is -2.47. The average Bonchev–Trinajstić information content (AvgIpc) is 3.48. The van der Waals surface area contributed by atoms with Crippen molar-refractivity contribution in [3.05, 3.63) is 34.9 Å². The highest BCUT2D eigenvalue weighted by molar-refractivity contribution is 6.30. The Kier molecular flexibility index (Phi) is 5.36. The first-order valence-corrected chi connectivity index (χ1v) is 9.34. The van der Waals surface area contributed by atoms with Crippen LogP contribution in [0.5, 0.6) is 0 Å². The van der Waals surface area contributed by atoms with E-state index in [0.717, 1.165) is 30.1 Å². The molecule has 1 atom stereocenters. The maximum atomic E-state index is 6.15. The molecule has 0 heterocycles. The molecule has 2 aliphatic rings. The van der Waals surface area contributed by atoms with Gasteiger partial charge in [-0.25, -0.2) is 0 Å². The molecule has 0 saturated heterocycles. The Hall–Kier alpha value is -1.26. The molecule has 24 heavy (non-hydrogen) atoms. The SMILES string of the molecule is CN=C(NCC(C)N(C)C1CC1)NCC1(c2cccc(Cl)c2)CC1. The zero-order chi connectivity index (χ0) is 17.2. The van der Waals surface area contributed by atoms with E-state index in [4.69, 9.17) is 11.6 Å². The molecule has 3 rings (SSSR count). The topological polar surface area (TPSA) is 39.7 Å². The molecule has 0 aliphatic heterocycles. The Labute approximate surface area is 150 Å². The Bertz CT molecular complexity index is 593. The minimum Gasteiger partial charge on any atom is -0.356 e. The normalized spacial score (nSPS) is 20.8. The zero-order valence-electron chi connectivity index (χ0n) is 15.0. The third-order valence-corrected chi connectivity index (χ3v) is 5.73. The predicted octanol–water partition coefficient (Wildman–Crippen LogP) is 3.02. The molecular weight excluding hydrogens is 320 g/mol. The van der Waals surface area contributed by atoms with Crippen LogP contribution in [0.25, 0.3) is 0 Å². The van der Waals surface area contributed by atoms with E-state index >= 15 is 0 Å². The predicted molar refractivity (Wildman–Crippen MR) is 102 cm³/mol. The largest absolute Gasteiger partial charge is 0.356 e. The van der Waals surface area contributed by atoms with Crippen molar-refractivity contribution in [1.29, 1.82) is 0 Å². The van der Waals surface area contributed by atoms with Crippen molar-refractivity contribution >= 4 is 17.6 Å². The summed E-state index contributed by atoms with van der Waals surface area (Å²) in [6.07, 6.45) is 5.10. The van der Waals surface area contributed by atoms with Crippen LogP contribution in [0.3, 0.4) is 0 Å². The molecule has 2 fully saturated rings. The van der Waals surface area contributed by atoms with Crippen molar-refractivity contribution < 1.29 is 0 Å². The molecule has 0 amide bonds. The van der Waals surface area contributed by atoms with E-state index in [9.17, 15) is 0 Å². The monoisotopic (exact) mass is 348 g/mol. The fourth-order valence-electron chi connectivity index (χ4n) is 3.24. The second-order valence-electron chi connectivity index (χ2n) is 7.34. The molecule has 4 nitrogen and oxygen atoms in total. The van der Waals surface area contributed by atoms with Gasteiger partial charge in [-0.05, 0) is 57.4 Å². The number of benzene rings is 1. The molecule has 0 aromatic heterocycles. The average molecular weight is 349 g/mol. The van der Waals surface area contributed by atoms with Crippen LogP contribution >= 0.6 is 11.6 Å². The lowest BCUT2D eigenvalue weighted by Gasteiger charge is -2.26. The van der Waals surface area contributed by atoms with E-state index in [0.29, 0.717) is 6.04 Å². The van der Waals surface area contributed by atoms with Crippen molar-refractivity contribution in [3.63, 3.8) is 0 Å². The minimum absolute atomic E-state index is 0.221. The minimum atomic E-state index is 0.221. The Morgan fingerprint density at radius 1 is 1.38 bits per heavy atom. The molecule has 2 saturated carbocycles. The molecule has 132 valence electrons. The van der Waals surface area contributed by atoms with Crippen LogP contribution in [0.4, 0.5) is 0 Å². The Balaban J connectivity index is 1.49. The number of guanidine groups is 1. The van der Waals surface area contributed by atoms with Crippen LogP contribution < -0.4 is 10.6 Å². The quantitative estimate of drug-likeness (QED) is 0.587. The Morgan fingerprint density at radius 3 is 2.71 bits per heavy atom. The number of rotatable bonds is 7. The van der Waals surface area contributed by atoms with Gasteiger partial charge in [-0.3, -0.25) is 9.89 Å². The molecule has 2 N–H and O–H groups in total. The van der Waals surface area contributed by atoms with Gasteiger partial charge in [0, 0.05) is 42.7 Å². The molecule has 0 radical (unpaired) electrons. The third-order valence-electron chi connectivity index (χ3n) is 5.49. The van der Waals surface area contributed by atoms with Gasteiger partial charge in [0.25, 0.3) is 0 Å². The first-order valence-electron chi connectivity index (χ1n) is 8.96. The number of likely N-dealkylation sites (N-methyl/N-ethyl adjacent to an activating group) is 1. The van der Waals surface area contributed by atoms with Gasteiger partial charge in [0.05, 0.1) is 0 Å². The van der Waals surface area contributed by atoms with Crippen molar-refractivity contribution in [2.75, 3.05) is 27.2 Å². The summed E-state index contributed by atoms with van der Waals surface area (Å²) < 4.78 is 0. The highest BCUT2D eigenvalue weighted by Gasteiger charge is 2.44. The molecule has 1 unspecified atom stereocenters. The van der Waals surface area contributed by atoms with Crippen LogP contribution in [-0.4, -0.2) is 50.1 Å². The number of aliphatic imine (C=N–C) groups is 1. The fourth-order valence-corrected chi connectivity index (χ4v) is 3.43. The van der Waals surface area contributed by atoms with Gasteiger partial charge in [-0.2, -0.15) is 0 Å². The summed E-state index contributed by atoms with van der Waals surface area (Å²) in [5, 5.41) is 7.79. The number of nitrogens with one attached hydrogen (secondary N) is 2. The number of hydrogen-bond acceptors (Lipinski definition) is 2. The smallest absolute Gasteiger partial charge is 0.191 e. The molecule has 1 aromatic carbocycles. The van der Waals surface area contributed by atoms with Crippen LogP contribution in [0.15, 0.2) is 29.3 Å². The fraction of sp³-hybridized carbons (Fsp3) is 0.632. The Morgan fingerprint density at radius 2 is 2.12 bits per heavy atom. The van der Waals surface area contributed by atoms with E-state index < -0.39 is 0 Å². The lowest BCUT2D eigenvalue weighted by atomic mass is 9.96. The van der Waals surface area contributed by atoms with Crippen molar-refractivity contribution in [2.24, 2.45) is 4.99 Å². The second-order valence-corrected chi connectivity index (χ2v) is 7.78. The van der Waals surface area contributed by atoms with Crippen LogP contribution in [0.2, 0.25) is 5.02 Å². The summed E-state index contributed by atoms with van der Waals surface area (Å²) in [5.41, 5.74) is 1.55. The maximum absolute atomic E-state index is 6.15. The molecular formula is C19H29ClN4. The van der Waals surface area contributed by atoms with Crippen molar-refractivity contribution in [3.8, 4) is 0 Å². The highest BCUT2D eigenvalue weighted by atomic mass is 35.5. The first kappa shape index (κ1) is 17.6. The lowest BCUT2D eigenvalue weighted by molar-refractivity contribution is 0.247. The van der Waals surface area contributed by atoms with Gasteiger partial charge in [0.2, 0.25) is 0 Å². The third kappa shape index (κ3) is 4.22. The van der Waals surface area contributed by atoms with E-state index in [1.54, 1.807) is 0 Å². The molecule has 5 heteroatoms. The summed E-state index contributed by atoms with van der Waals surface area (Å²) >= 11 is 6.15. The van der Waals surface area contributed by atoms with E-state index in [1.807, 2.05) is 19.2 Å². The summed E-state index contributed by atoms with van der Waals surface area (Å²) in [5.74, 6) is 0.888. The maximum Gasteiger partial charge on any atom is 0.191 e. The van der Waals surface area contributed by atoms with Gasteiger partial charge in [-0.15, -0.1) is 0 Å². The van der Waals surface area contributed by atoms with E-state index in [1.165, 1.54) is 31.2 Å². The number of hydrogen-bond donors (Lipinski definition) is 2. The highest BCUT2D eigenvalue weighted by Crippen LogP contribution is 2.48. The van der Waals surface area contributed by atoms with Gasteiger partial charge in [0.15, 0.2) is 5.96 Å². The van der Waals surface area contributed by atoms with Crippen LogP contribution in [0, 0.1) is 0 Å². The summed E-state index contributed by atoms with van der Waals surface area (Å²) in [7, 11) is 4.06. The van der Waals surface area contributed by atoms with Crippen LogP contribution in [0.1, 0.15) is 38.2 Å². The van der Waals surface area contributed by atoms with Crippen molar-refractivity contribution in [1.82, 2.24) is 15.5 Å². The summed E-state index contributed by atoms with van der Waals surface area (Å²) in [4.78, 5) is 6.84. The van der Waals surface area contributed by atoms with Gasteiger partial charge in [0.1, 0.15) is 0 Å². The standard InChI is InChI=1S/C19H29ClN4/c1-14(24(3)17-7-8-17)12-22-18(21-2)23-13-19(9-10-19)15-5-4-6-16(20)11-15/h4-6,11,14,17H,7-10,12-13H2,1-3H3,(H2,21,22,23). The zero-order valence-corrected chi connectivity index (χ0v) is 15.7.